The van der Waals surface area contributed by atoms with E-state index in [2.05, 4.69) is 27.5 Å². The Morgan fingerprint density at radius 1 is 1.17 bits per heavy atom. The van der Waals surface area contributed by atoms with Crippen LogP contribution in [-0.4, -0.2) is 39.1 Å². The highest BCUT2D eigenvalue weighted by atomic mass is 16.5. The summed E-state index contributed by atoms with van der Waals surface area (Å²) in [4.78, 5) is 29.4. The SMILES string of the molecule is NC(=O)c1c(C2CCCO2)nn2c(C(=O)NC3Cc4ccccc4C3)ccnc12. The molecule has 8 heteroatoms. The van der Waals surface area contributed by atoms with Crippen LogP contribution in [0.5, 0.6) is 0 Å². The van der Waals surface area contributed by atoms with Gasteiger partial charge in [0, 0.05) is 18.8 Å². The summed E-state index contributed by atoms with van der Waals surface area (Å²) in [6.45, 7) is 0.611. The summed E-state index contributed by atoms with van der Waals surface area (Å²) >= 11 is 0. The average Bonchev–Trinajstić information content (AvgIpc) is 3.43. The summed E-state index contributed by atoms with van der Waals surface area (Å²) < 4.78 is 7.10. The molecule has 1 atom stereocenters. The van der Waals surface area contributed by atoms with Gasteiger partial charge in [0.05, 0.1) is 0 Å². The molecule has 2 amide bonds. The zero-order valence-electron chi connectivity index (χ0n) is 15.8. The van der Waals surface area contributed by atoms with Gasteiger partial charge in [0.25, 0.3) is 11.8 Å². The zero-order valence-corrected chi connectivity index (χ0v) is 15.8. The second-order valence-corrected chi connectivity index (χ2v) is 7.54. The Labute approximate surface area is 167 Å². The summed E-state index contributed by atoms with van der Waals surface area (Å²) in [7, 11) is 0. The fourth-order valence-corrected chi connectivity index (χ4v) is 4.31. The molecule has 1 saturated heterocycles. The van der Waals surface area contributed by atoms with E-state index in [-0.39, 0.29) is 29.3 Å². The molecule has 1 aliphatic heterocycles. The molecule has 0 bridgehead atoms. The molecular weight excluding hydrogens is 370 g/mol. The predicted octanol–water partition coefficient (Wildman–Crippen LogP) is 1.58. The number of primary amides is 1. The summed E-state index contributed by atoms with van der Waals surface area (Å²) in [6, 6.07) is 9.82. The number of nitrogens with one attached hydrogen (secondary N) is 1. The van der Waals surface area contributed by atoms with Crippen LogP contribution in [0.3, 0.4) is 0 Å². The van der Waals surface area contributed by atoms with E-state index in [9.17, 15) is 9.59 Å². The molecule has 8 nitrogen and oxygen atoms in total. The van der Waals surface area contributed by atoms with Gasteiger partial charge in [0.1, 0.15) is 23.1 Å². The molecule has 2 aliphatic rings. The second kappa shape index (κ2) is 6.97. The smallest absolute Gasteiger partial charge is 0.270 e. The van der Waals surface area contributed by atoms with E-state index in [1.54, 1.807) is 6.07 Å². The molecule has 5 rings (SSSR count). The minimum atomic E-state index is -0.623. The van der Waals surface area contributed by atoms with Crippen molar-refractivity contribution in [2.24, 2.45) is 5.73 Å². The first-order valence-corrected chi connectivity index (χ1v) is 9.78. The van der Waals surface area contributed by atoms with Gasteiger partial charge in [-0.2, -0.15) is 5.10 Å². The van der Waals surface area contributed by atoms with Gasteiger partial charge >= 0.3 is 0 Å². The van der Waals surface area contributed by atoms with Crippen LogP contribution >= 0.6 is 0 Å². The van der Waals surface area contributed by atoms with Crippen molar-refractivity contribution in [1.82, 2.24) is 19.9 Å². The Kier molecular flexibility index (Phi) is 4.28. The number of hydrogen-bond donors (Lipinski definition) is 2. The Morgan fingerprint density at radius 3 is 2.59 bits per heavy atom. The number of ether oxygens (including phenoxy) is 1. The van der Waals surface area contributed by atoms with E-state index < -0.39 is 5.91 Å². The predicted molar refractivity (Wildman–Crippen MR) is 105 cm³/mol. The van der Waals surface area contributed by atoms with Crippen molar-refractivity contribution in [3.05, 3.63) is 64.6 Å². The van der Waals surface area contributed by atoms with Crippen molar-refractivity contribution in [2.45, 2.75) is 37.8 Å². The van der Waals surface area contributed by atoms with Crippen LogP contribution in [0.2, 0.25) is 0 Å². The van der Waals surface area contributed by atoms with Gasteiger partial charge in [0.15, 0.2) is 5.65 Å². The molecule has 1 unspecified atom stereocenters. The number of nitrogens with two attached hydrogens (primary N) is 1. The molecule has 3 aromatic rings. The monoisotopic (exact) mass is 391 g/mol. The van der Waals surface area contributed by atoms with Gasteiger partial charge in [-0.15, -0.1) is 0 Å². The molecule has 0 spiro atoms. The Balaban J connectivity index is 1.48. The standard InChI is InChI=1S/C21H21N5O3/c22-19(27)17-18(16-6-3-9-29-16)25-26-15(7-8-23-20(17)26)21(28)24-14-10-12-4-1-2-5-13(12)11-14/h1-2,4-5,7-8,14,16H,3,6,9-11H2,(H2,22,27)(H,24,28). The van der Waals surface area contributed by atoms with Gasteiger partial charge in [-0.25, -0.2) is 9.50 Å². The minimum Gasteiger partial charge on any atom is -0.372 e. The lowest BCUT2D eigenvalue weighted by Gasteiger charge is -2.12. The maximum Gasteiger partial charge on any atom is 0.270 e. The topological polar surface area (TPSA) is 112 Å². The highest BCUT2D eigenvalue weighted by Gasteiger charge is 2.30. The van der Waals surface area contributed by atoms with Crippen molar-refractivity contribution >= 4 is 17.5 Å². The molecule has 3 heterocycles. The van der Waals surface area contributed by atoms with Crippen LogP contribution in [0, 0.1) is 0 Å². The third-order valence-electron chi connectivity index (χ3n) is 5.65. The van der Waals surface area contributed by atoms with Crippen LogP contribution in [0.25, 0.3) is 5.65 Å². The molecule has 29 heavy (non-hydrogen) atoms. The Bertz CT molecular complexity index is 1090. The van der Waals surface area contributed by atoms with Gasteiger partial charge in [-0.1, -0.05) is 24.3 Å². The number of benzene rings is 1. The molecule has 1 fully saturated rings. The first-order valence-electron chi connectivity index (χ1n) is 9.78. The van der Waals surface area contributed by atoms with E-state index >= 15 is 0 Å². The lowest BCUT2D eigenvalue weighted by molar-refractivity contribution is 0.0929. The number of rotatable bonds is 4. The molecular formula is C21H21N5O3. The number of hydrogen-bond acceptors (Lipinski definition) is 5. The maximum absolute atomic E-state index is 13.0. The van der Waals surface area contributed by atoms with Crippen molar-refractivity contribution < 1.29 is 14.3 Å². The number of carbonyl (C=O) groups is 2. The molecule has 3 N–H and O–H groups in total. The third kappa shape index (κ3) is 3.05. The fraction of sp³-hybridized carbons (Fsp3) is 0.333. The van der Waals surface area contributed by atoms with Crippen LogP contribution in [-0.2, 0) is 17.6 Å². The fourth-order valence-electron chi connectivity index (χ4n) is 4.31. The first-order chi connectivity index (χ1) is 14.1. The maximum atomic E-state index is 13.0. The van der Waals surface area contributed by atoms with Gasteiger partial charge in [-0.3, -0.25) is 9.59 Å². The molecule has 148 valence electrons. The van der Waals surface area contributed by atoms with Crippen LogP contribution in [0.15, 0.2) is 36.5 Å². The van der Waals surface area contributed by atoms with E-state index in [4.69, 9.17) is 10.5 Å². The van der Waals surface area contributed by atoms with E-state index in [1.807, 2.05) is 12.1 Å². The second-order valence-electron chi connectivity index (χ2n) is 7.54. The highest BCUT2D eigenvalue weighted by Crippen LogP contribution is 2.31. The lowest BCUT2D eigenvalue weighted by Crippen LogP contribution is -2.36. The number of aromatic nitrogens is 3. The lowest BCUT2D eigenvalue weighted by atomic mass is 10.1. The van der Waals surface area contributed by atoms with E-state index in [1.165, 1.54) is 21.8 Å². The number of fused-ring (bicyclic) bond motifs is 2. The summed E-state index contributed by atoms with van der Waals surface area (Å²) in [5.74, 6) is -0.880. The van der Waals surface area contributed by atoms with E-state index in [0.29, 0.717) is 18.0 Å². The normalized spacial score (nSPS) is 18.8. The molecule has 0 radical (unpaired) electrons. The summed E-state index contributed by atoms with van der Waals surface area (Å²) in [5, 5.41) is 7.61. The van der Waals surface area contributed by atoms with Crippen molar-refractivity contribution in [3.63, 3.8) is 0 Å². The first kappa shape index (κ1) is 17.8. The molecule has 1 aromatic carbocycles. The van der Waals surface area contributed by atoms with Crippen LogP contribution in [0.4, 0.5) is 0 Å². The average molecular weight is 391 g/mol. The Morgan fingerprint density at radius 2 is 1.93 bits per heavy atom. The van der Waals surface area contributed by atoms with Gasteiger partial charge < -0.3 is 15.8 Å². The van der Waals surface area contributed by atoms with Gasteiger partial charge in [-0.05, 0) is 42.9 Å². The Hall–Kier alpha value is -3.26. The van der Waals surface area contributed by atoms with Crippen molar-refractivity contribution in [3.8, 4) is 0 Å². The van der Waals surface area contributed by atoms with Crippen molar-refractivity contribution in [2.75, 3.05) is 6.61 Å². The van der Waals surface area contributed by atoms with Gasteiger partial charge in [0.2, 0.25) is 0 Å². The summed E-state index contributed by atoms with van der Waals surface area (Å²) in [6.07, 6.45) is 4.43. The van der Waals surface area contributed by atoms with Crippen molar-refractivity contribution in [1.29, 1.82) is 0 Å². The number of carbonyl (C=O) groups excluding carboxylic acids is 2. The summed E-state index contributed by atoms with van der Waals surface area (Å²) in [5.41, 5.74) is 9.40. The molecule has 1 aliphatic carbocycles. The quantitative estimate of drug-likeness (QED) is 0.701. The zero-order chi connectivity index (χ0) is 20.0. The molecule has 2 aromatic heterocycles. The minimum absolute atomic E-state index is 0.0203. The number of amides is 2. The van der Waals surface area contributed by atoms with E-state index in [0.717, 1.165) is 25.7 Å². The van der Waals surface area contributed by atoms with Crippen LogP contribution in [0.1, 0.15) is 56.6 Å². The number of nitrogens with zero attached hydrogens (tertiary/aromatic N) is 3. The third-order valence-corrected chi connectivity index (χ3v) is 5.65. The highest BCUT2D eigenvalue weighted by molar-refractivity contribution is 6.01. The van der Waals surface area contributed by atoms with Crippen LogP contribution < -0.4 is 11.1 Å². The molecule has 0 saturated carbocycles. The largest absolute Gasteiger partial charge is 0.372 e.